The van der Waals surface area contributed by atoms with Crippen LogP contribution in [0.5, 0.6) is 0 Å². The van der Waals surface area contributed by atoms with Crippen LogP contribution in [-0.2, 0) is 0 Å². The van der Waals surface area contributed by atoms with Crippen LogP contribution in [0.3, 0.4) is 0 Å². The van der Waals surface area contributed by atoms with E-state index >= 15 is 0 Å². The highest BCUT2D eigenvalue weighted by Gasteiger charge is 2.59. The van der Waals surface area contributed by atoms with Crippen LogP contribution in [0.4, 0.5) is 22.7 Å². The van der Waals surface area contributed by atoms with Gasteiger partial charge in [0.25, 0.3) is 0 Å². The van der Waals surface area contributed by atoms with Crippen LogP contribution in [0.15, 0.2) is 165 Å². The molecule has 2 nitrogen and oxygen atoms in total. The van der Waals surface area contributed by atoms with E-state index in [0.717, 1.165) is 0 Å². The van der Waals surface area contributed by atoms with Gasteiger partial charge in [-0.05, 0) is 48.5 Å². The summed E-state index contributed by atoms with van der Waals surface area (Å²) in [6.07, 6.45) is 0. The summed E-state index contributed by atoms with van der Waals surface area (Å²) in [6, 6.07) is 54.4. The van der Waals surface area contributed by atoms with E-state index in [0.29, 0.717) is 0 Å². The number of nitrogens with zero attached hydrogens (tertiary/aromatic N) is 2. The maximum absolute atomic E-state index is 3.09. The van der Waals surface area contributed by atoms with Crippen molar-refractivity contribution < 1.29 is 0 Å². The second-order valence-electron chi connectivity index (χ2n) is 10.5. The van der Waals surface area contributed by atoms with Gasteiger partial charge in [0.15, 0.2) is 0 Å². The fraction of sp³-hybridized carbons (Fsp3) is 0. The fourth-order valence-electron chi connectivity index (χ4n) is 6.86. The first-order chi connectivity index (χ1) is 20.4. The lowest BCUT2D eigenvalue weighted by atomic mass is 10.0. The third kappa shape index (κ3) is 3.17. The molecule has 6 aromatic carbocycles. The van der Waals surface area contributed by atoms with Crippen molar-refractivity contribution in [2.75, 3.05) is 9.13 Å². The summed E-state index contributed by atoms with van der Waals surface area (Å²) < 4.78 is 5.55. The summed E-state index contributed by atoms with van der Waals surface area (Å²) in [5.41, 5.74) is 7.60. The zero-order chi connectivity index (χ0) is 27.0. The van der Waals surface area contributed by atoms with E-state index in [1.807, 2.05) is 23.5 Å². The van der Waals surface area contributed by atoms with Gasteiger partial charge in [0.1, 0.15) is 0 Å². The number of hydrogen-bond acceptors (Lipinski definition) is 4. The number of hydrogen-bond donors (Lipinski definition) is 0. The third-order valence-corrected chi connectivity index (χ3v) is 15.7. The van der Waals surface area contributed by atoms with Crippen molar-refractivity contribution in [1.82, 2.24) is 0 Å². The molecule has 0 saturated heterocycles. The lowest BCUT2D eigenvalue weighted by Crippen LogP contribution is -2.78. The first-order valence-electron chi connectivity index (χ1n) is 13.9. The molecule has 0 fully saturated rings. The minimum absolute atomic E-state index is 1.26. The molecule has 9 rings (SSSR count). The van der Waals surface area contributed by atoms with E-state index in [-0.39, 0.29) is 0 Å². The molecule has 0 amide bonds. The van der Waals surface area contributed by atoms with Crippen LogP contribution in [0.25, 0.3) is 11.1 Å². The fourth-order valence-corrected chi connectivity index (χ4v) is 15.3. The molecule has 41 heavy (non-hydrogen) atoms. The second-order valence-corrected chi connectivity index (χ2v) is 16.0. The molecule has 0 aliphatic carbocycles. The summed E-state index contributed by atoms with van der Waals surface area (Å²) in [6.45, 7) is 0. The SMILES string of the molecule is c1ccc2c(c1)Sc1ccccc1[Si]13c4ccccc4Sc4ccccc4N1c1ccccc1-c1ccccc1N23. The number of para-hydroxylation sites is 4. The molecule has 6 aromatic rings. The van der Waals surface area contributed by atoms with Gasteiger partial charge in [-0.2, -0.15) is 0 Å². The van der Waals surface area contributed by atoms with E-state index in [9.17, 15) is 0 Å². The van der Waals surface area contributed by atoms with Crippen LogP contribution in [-0.4, -0.2) is 8.40 Å². The summed E-state index contributed by atoms with van der Waals surface area (Å²) in [5.74, 6) is 0. The van der Waals surface area contributed by atoms with Crippen molar-refractivity contribution >= 4 is 65.0 Å². The van der Waals surface area contributed by atoms with E-state index < -0.39 is 8.40 Å². The van der Waals surface area contributed by atoms with E-state index in [1.165, 1.54) is 63.8 Å². The summed E-state index contributed by atoms with van der Waals surface area (Å²) >= 11 is 3.81. The van der Waals surface area contributed by atoms with Crippen LogP contribution in [0, 0.1) is 0 Å². The second kappa shape index (κ2) is 8.92. The van der Waals surface area contributed by atoms with Crippen LogP contribution in [0.1, 0.15) is 0 Å². The number of benzene rings is 6. The van der Waals surface area contributed by atoms with Gasteiger partial charge in [0.2, 0.25) is 0 Å². The average molecular weight is 577 g/mol. The van der Waals surface area contributed by atoms with E-state index in [1.54, 1.807) is 0 Å². The normalized spacial score (nSPS) is 15.2. The number of rotatable bonds is 0. The Hall–Kier alpha value is -4.16. The molecule has 0 unspecified atom stereocenters. The van der Waals surface area contributed by atoms with E-state index in [2.05, 4.69) is 155 Å². The van der Waals surface area contributed by atoms with Gasteiger partial charge < -0.3 is 9.13 Å². The first-order valence-corrected chi connectivity index (χ1v) is 17.4. The molecule has 0 atom stereocenters. The molecule has 0 saturated carbocycles. The summed E-state index contributed by atoms with van der Waals surface area (Å²) in [4.78, 5) is 5.23. The molecule has 0 N–H and O–H groups in total. The summed E-state index contributed by atoms with van der Waals surface area (Å²) in [7, 11) is -3.09. The van der Waals surface area contributed by atoms with Crippen molar-refractivity contribution in [2.45, 2.75) is 19.6 Å². The highest BCUT2D eigenvalue weighted by atomic mass is 32.2. The highest BCUT2D eigenvalue weighted by Crippen LogP contribution is 2.56. The predicted molar refractivity (Wildman–Crippen MR) is 175 cm³/mol. The van der Waals surface area contributed by atoms with Gasteiger partial charge in [0, 0.05) is 63.8 Å². The Labute approximate surface area is 249 Å². The van der Waals surface area contributed by atoms with Gasteiger partial charge >= 0.3 is 8.40 Å². The van der Waals surface area contributed by atoms with Crippen molar-refractivity contribution in [2.24, 2.45) is 0 Å². The molecule has 0 radical (unpaired) electrons. The molecule has 0 aromatic heterocycles. The van der Waals surface area contributed by atoms with Crippen LogP contribution >= 0.6 is 23.5 Å². The molecule has 3 heterocycles. The van der Waals surface area contributed by atoms with Gasteiger partial charge in [-0.3, -0.25) is 0 Å². The van der Waals surface area contributed by atoms with Crippen molar-refractivity contribution in [3.05, 3.63) is 146 Å². The largest absolute Gasteiger partial charge is 0.342 e. The van der Waals surface area contributed by atoms with Gasteiger partial charge in [-0.15, -0.1) is 0 Å². The monoisotopic (exact) mass is 576 g/mol. The Morgan fingerprint density at radius 3 is 1.15 bits per heavy atom. The highest BCUT2D eigenvalue weighted by molar-refractivity contribution is 8.00. The maximum atomic E-state index is 2.78. The molecular weight excluding hydrogens is 553 g/mol. The maximum Gasteiger partial charge on any atom is 0.342 e. The lowest BCUT2D eigenvalue weighted by Gasteiger charge is -2.49. The van der Waals surface area contributed by atoms with E-state index in [4.69, 9.17) is 0 Å². The minimum Gasteiger partial charge on any atom is -0.342 e. The molecular formula is C36H24N2S2Si. The Morgan fingerprint density at radius 2 is 0.683 bits per heavy atom. The Balaban J connectivity index is 1.60. The van der Waals surface area contributed by atoms with Crippen molar-refractivity contribution in [3.8, 4) is 11.1 Å². The standard InChI is InChI=1S/C36H24N2S2Si/c1-3-15-27-25(13-1)26-14-2-4-16-28(26)38-30-18-6-8-20-32(30)40-34-22-10-12-24-36(34)41(38)35-23-11-9-21-33(35)39-31-19-7-5-17-29(31)37(27)41/h1-24H. The van der Waals surface area contributed by atoms with Gasteiger partial charge in [-0.25, -0.2) is 0 Å². The Kier molecular flexibility index (Phi) is 5.12. The number of anilines is 4. The molecule has 1 spiro atoms. The van der Waals surface area contributed by atoms with Gasteiger partial charge in [0.05, 0.1) is 0 Å². The predicted octanol–water partition coefficient (Wildman–Crippen LogP) is 8.83. The quantitative estimate of drug-likeness (QED) is 0.167. The number of fused-ring (bicyclic) bond motifs is 11. The smallest absolute Gasteiger partial charge is 0.342 e. The van der Waals surface area contributed by atoms with Crippen molar-refractivity contribution in [1.29, 1.82) is 0 Å². The Morgan fingerprint density at radius 1 is 0.341 bits per heavy atom. The molecule has 0 bridgehead atoms. The van der Waals surface area contributed by atoms with Crippen molar-refractivity contribution in [3.63, 3.8) is 0 Å². The molecule has 5 heteroatoms. The zero-order valence-electron chi connectivity index (χ0n) is 22.1. The molecule has 194 valence electrons. The van der Waals surface area contributed by atoms with Crippen LogP contribution in [0.2, 0.25) is 0 Å². The molecule has 3 aliphatic rings. The molecule has 3 aliphatic heterocycles. The van der Waals surface area contributed by atoms with Crippen LogP contribution < -0.4 is 19.5 Å². The summed E-state index contributed by atoms with van der Waals surface area (Å²) in [5, 5.41) is 2.83. The topological polar surface area (TPSA) is 6.48 Å². The minimum atomic E-state index is -3.09. The van der Waals surface area contributed by atoms with Gasteiger partial charge in [-0.1, -0.05) is 121 Å². The Bertz CT molecular complexity index is 1860. The lowest BCUT2D eigenvalue weighted by molar-refractivity contribution is 1.22. The first kappa shape index (κ1) is 23.5. The average Bonchev–Trinajstić information content (AvgIpc) is 3.29. The third-order valence-electron chi connectivity index (χ3n) is 8.40. The zero-order valence-corrected chi connectivity index (χ0v) is 24.7.